The van der Waals surface area contributed by atoms with Crippen molar-refractivity contribution in [1.82, 2.24) is 9.55 Å². The number of imidazole rings is 1. The number of nitrogens with zero attached hydrogens (tertiary/aromatic N) is 1. The molecule has 3 aromatic rings. The zero-order chi connectivity index (χ0) is 15.0. The predicted octanol–water partition coefficient (Wildman–Crippen LogP) is 3.92. The number of fused-ring (bicyclic) bond motifs is 1. The third-order valence-electron chi connectivity index (χ3n) is 3.56. The van der Waals surface area contributed by atoms with Gasteiger partial charge in [0.2, 0.25) is 0 Å². The maximum absolute atomic E-state index is 5.49. The van der Waals surface area contributed by atoms with E-state index in [2.05, 4.69) is 4.98 Å². The minimum atomic E-state index is -0.0145. The number of hydrogen-bond acceptors (Lipinski definition) is 4. The molecule has 0 aliphatic carbocycles. The number of rotatable bonds is 4. The lowest BCUT2D eigenvalue weighted by Gasteiger charge is -2.13. The topological polar surface area (TPSA) is 52.3 Å². The number of hydrogen-bond donors (Lipinski definition) is 1. The first-order chi connectivity index (χ1) is 10.2. The predicted molar refractivity (Wildman–Crippen MR) is 82.7 cm³/mol. The van der Waals surface area contributed by atoms with Gasteiger partial charge >= 0.3 is 0 Å². The zero-order valence-electron chi connectivity index (χ0n) is 12.0. The molecule has 1 unspecified atom stereocenters. The van der Waals surface area contributed by atoms with Gasteiger partial charge < -0.3 is 23.4 Å². The fourth-order valence-corrected chi connectivity index (χ4v) is 2.86. The number of furan rings is 1. The largest absolute Gasteiger partial charge is 0.493 e. The van der Waals surface area contributed by atoms with Gasteiger partial charge in [-0.3, -0.25) is 0 Å². The first-order valence-corrected chi connectivity index (χ1v) is 6.96. The Labute approximate surface area is 127 Å². The fourth-order valence-electron chi connectivity index (χ4n) is 2.49. The Morgan fingerprint density at radius 2 is 1.95 bits per heavy atom. The van der Waals surface area contributed by atoms with E-state index in [0.717, 1.165) is 16.8 Å². The van der Waals surface area contributed by atoms with E-state index in [1.807, 2.05) is 35.8 Å². The summed E-state index contributed by atoms with van der Waals surface area (Å²) in [4.78, 5) is 3.20. The number of nitrogens with one attached hydrogen (secondary N) is 1. The summed E-state index contributed by atoms with van der Waals surface area (Å²) in [6.07, 6.45) is 1.66. The summed E-state index contributed by atoms with van der Waals surface area (Å²) >= 11 is 5.45. The van der Waals surface area contributed by atoms with E-state index in [1.165, 1.54) is 0 Å². The molecule has 21 heavy (non-hydrogen) atoms. The van der Waals surface area contributed by atoms with Crippen molar-refractivity contribution in [2.75, 3.05) is 14.2 Å². The maximum atomic E-state index is 5.49. The molecule has 0 saturated heterocycles. The highest BCUT2D eigenvalue weighted by atomic mass is 32.1. The first kappa shape index (κ1) is 13.8. The average Bonchev–Trinajstić information content (AvgIpc) is 3.11. The summed E-state index contributed by atoms with van der Waals surface area (Å²) in [6, 6.07) is 7.59. The minimum absolute atomic E-state index is 0.0145. The van der Waals surface area contributed by atoms with E-state index in [-0.39, 0.29) is 6.04 Å². The van der Waals surface area contributed by atoms with Crippen LogP contribution in [0, 0.1) is 4.77 Å². The summed E-state index contributed by atoms with van der Waals surface area (Å²) in [5.41, 5.74) is 1.85. The number of benzene rings is 1. The lowest BCUT2D eigenvalue weighted by atomic mass is 10.2. The second-order valence-electron chi connectivity index (χ2n) is 4.72. The Hall–Kier alpha value is -2.21. The third-order valence-corrected chi connectivity index (χ3v) is 3.86. The van der Waals surface area contributed by atoms with Crippen LogP contribution in [0.5, 0.6) is 11.5 Å². The monoisotopic (exact) mass is 304 g/mol. The average molecular weight is 304 g/mol. The van der Waals surface area contributed by atoms with Crippen molar-refractivity contribution in [2.24, 2.45) is 0 Å². The second-order valence-corrected chi connectivity index (χ2v) is 5.10. The van der Waals surface area contributed by atoms with Crippen molar-refractivity contribution in [3.63, 3.8) is 0 Å². The highest BCUT2D eigenvalue weighted by Gasteiger charge is 2.17. The molecule has 0 radical (unpaired) electrons. The van der Waals surface area contributed by atoms with Crippen LogP contribution in [-0.4, -0.2) is 23.8 Å². The highest BCUT2D eigenvalue weighted by Crippen LogP contribution is 2.34. The van der Waals surface area contributed by atoms with Crippen molar-refractivity contribution < 1.29 is 13.9 Å². The molecule has 0 aliphatic rings. The van der Waals surface area contributed by atoms with E-state index in [1.54, 1.807) is 20.5 Å². The van der Waals surface area contributed by atoms with E-state index in [4.69, 9.17) is 26.1 Å². The van der Waals surface area contributed by atoms with Crippen LogP contribution in [0.3, 0.4) is 0 Å². The van der Waals surface area contributed by atoms with Crippen molar-refractivity contribution in [3.8, 4) is 11.5 Å². The lowest BCUT2D eigenvalue weighted by molar-refractivity contribution is 0.355. The smallest absolute Gasteiger partial charge is 0.178 e. The molecule has 1 atom stereocenters. The SMILES string of the molecule is COc1cc2[nH]c(=S)n(C(C)c3ccco3)c2cc1OC. The van der Waals surface area contributed by atoms with Gasteiger partial charge in [0.15, 0.2) is 16.3 Å². The molecule has 0 fully saturated rings. The van der Waals surface area contributed by atoms with Gasteiger partial charge in [-0.15, -0.1) is 0 Å². The molecule has 0 spiro atoms. The number of H-pyrrole nitrogens is 1. The Kier molecular flexibility index (Phi) is 3.47. The number of aromatic amines is 1. The van der Waals surface area contributed by atoms with Crippen molar-refractivity contribution in [1.29, 1.82) is 0 Å². The molecule has 5 nitrogen and oxygen atoms in total. The summed E-state index contributed by atoms with van der Waals surface area (Å²) in [5.74, 6) is 2.18. The molecule has 0 aliphatic heterocycles. The maximum Gasteiger partial charge on any atom is 0.178 e. The standard InChI is InChI=1S/C15H16N2O3S/c1-9(12-5-4-6-20-12)17-11-8-14(19-3)13(18-2)7-10(11)16-15(17)21/h4-9H,1-3H3,(H,16,21). The molecule has 0 bridgehead atoms. The molecule has 0 amide bonds. The van der Waals surface area contributed by atoms with Gasteiger partial charge in [0.05, 0.1) is 37.6 Å². The van der Waals surface area contributed by atoms with Crippen LogP contribution in [0.2, 0.25) is 0 Å². The summed E-state index contributed by atoms with van der Waals surface area (Å²) < 4.78 is 18.8. The van der Waals surface area contributed by atoms with Crippen molar-refractivity contribution >= 4 is 23.3 Å². The van der Waals surface area contributed by atoms with Gasteiger partial charge in [-0.05, 0) is 31.3 Å². The van der Waals surface area contributed by atoms with E-state index in [9.17, 15) is 0 Å². The third kappa shape index (κ3) is 2.21. The molecule has 3 rings (SSSR count). The van der Waals surface area contributed by atoms with Crippen LogP contribution < -0.4 is 9.47 Å². The summed E-state index contributed by atoms with van der Waals surface area (Å²) in [5, 5.41) is 0. The fraction of sp³-hybridized carbons (Fsp3) is 0.267. The summed E-state index contributed by atoms with van der Waals surface area (Å²) in [7, 11) is 3.23. The Balaban J connectivity index is 2.23. The lowest BCUT2D eigenvalue weighted by Crippen LogP contribution is -2.05. The van der Waals surface area contributed by atoms with Gasteiger partial charge in [-0.25, -0.2) is 0 Å². The molecule has 2 aromatic heterocycles. The Morgan fingerprint density at radius 3 is 2.57 bits per heavy atom. The minimum Gasteiger partial charge on any atom is -0.493 e. The molecular formula is C15H16N2O3S. The van der Waals surface area contributed by atoms with Crippen molar-refractivity contribution in [2.45, 2.75) is 13.0 Å². The van der Waals surface area contributed by atoms with E-state index < -0.39 is 0 Å². The second kappa shape index (κ2) is 5.29. The van der Waals surface area contributed by atoms with E-state index >= 15 is 0 Å². The molecule has 6 heteroatoms. The van der Waals surface area contributed by atoms with Gasteiger partial charge in [0, 0.05) is 12.1 Å². The molecule has 1 N–H and O–H groups in total. The molecule has 1 aromatic carbocycles. The summed E-state index contributed by atoms with van der Waals surface area (Å²) in [6.45, 7) is 2.04. The molecule has 0 saturated carbocycles. The molecule has 110 valence electrons. The van der Waals surface area contributed by atoms with E-state index in [0.29, 0.717) is 16.3 Å². The van der Waals surface area contributed by atoms with Gasteiger partial charge in [0.1, 0.15) is 5.76 Å². The number of ether oxygens (including phenoxy) is 2. The quantitative estimate of drug-likeness (QED) is 0.742. The normalized spacial score (nSPS) is 12.5. The van der Waals surface area contributed by atoms with Gasteiger partial charge in [-0.1, -0.05) is 0 Å². The highest BCUT2D eigenvalue weighted by molar-refractivity contribution is 7.71. The van der Waals surface area contributed by atoms with Gasteiger partial charge in [-0.2, -0.15) is 0 Å². The van der Waals surface area contributed by atoms with Crippen LogP contribution in [0.15, 0.2) is 34.9 Å². The Morgan fingerprint density at radius 1 is 1.24 bits per heavy atom. The van der Waals surface area contributed by atoms with Crippen LogP contribution in [0.25, 0.3) is 11.0 Å². The zero-order valence-corrected chi connectivity index (χ0v) is 12.9. The van der Waals surface area contributed by atoms with Crippen molar-refractivity contribution in [3.05, 3.63) is 41.1 Å². The number of methoxy groups -OCH3 is 2. The molecule has 2 heterocycles. The Bertz CT molecular complexity index is 817. The van der Waals surface area contributed by atoms with Crippen LogP contribution >= 0.6 is 12.2 Å². The van der Waals surface area contributed by atoms with Crippen LogP contribution in [0.4, 0.5) is 0 Å². The van der Waals surface area contributed by atoms with Gasteiger partial charge in [0.25, 0.3) is 0 Å². The van der Waals surface area contributed by atoms with Crippen LogP contribution in [0.1, 0.15) is 18.7 Å². The molecular weight excluding hydrogens is 288 g/mol. The number of aromatic nitrogens is 2. The first-order valence-electron chi connectivity index (χ1n) is 6.55. The van der Waals surface area contributed by atoms with Crippen LogP contribution in [-0.2, 0) is 0 Å².